The molecule has 1 unspecified atom stereocenters. The molecule has 1 atom stereocenters. The van der Waals surface area contributed by atoms with Gasteiger partial charge in [0.15, 0.2) is 11.0 Å². The predicted molar refractivity (Wildman–Crippen MR) is 128 cm³/mol. The van der Waals surface area contributed by atoms with Crippen molar-refractivity contribution in [3.05, 3.63) is 90.5 Å². The van der Waals surface area contributed by atoms with Crippen molar-refractivity contribution in [1.82, 2.24) is 14.8 Å². The zero-order chi connectivity index (χ0) is 22.3. The maximum Gasteiger partial charge on any atom is 0.242 e. The highest BCUT2D eigenvalue weighted by Crippen LogP contribution is 2.37. The molecule has 1 amide bonds. The van der Waals surface area contributed by atoms with Gasteiger partial charge in [-0.05, 0) is 24.6 Å². The zero-order valence-electron chi connectivity index (χ0n) is 17.9. The minimum Gasteiger partial charge on any atom is -0.497 e. The zero-order valence-corrected chi connectivity index (χ0v) is 18.8. The average molecular weight is 445 g/mol. The summed E-state index contributed by atoms with van der Waals surface area (Å²) in [5.41, 5.74) is 2.56. The van der Waals surface area contributed by atoms with Gasteiger partial charge in [0.1, 0.15) is 11.0 Å². The molecule has 4 aromatic rings. The highest BCUT2D eigenvalue weighted by molar-refractivity contribution is 8.00. The lowest BCUT2D eigenvalue weighted by Crippen LogP contribution is -2.19. The monoisotopic (exact) mass is 444 g/mol. The summed E-state index contributed by atoms with van der Waals surface area (Å²) in [7, 11) is 1.60. The summed E-state index contributed by atoms with van der Waals surface area (Å²) in [4.78, 5) is 13.4. The van der Waals surface area contributed by atoms with Gasteiger partial charge in [0.05, 0.1) is 7.11 Å². The van der Waals surface area contributed by atoms with E-state index in [9.17, 15) is 4.79 Å². The summed E-state index contributed by atoms with van der Waals surface area (Å²) >= 11 is 1.39. The molecule has 4 rings (SSSR count). The molecule has 0 fully saturated rings. The molecular formula is C25H24N4O2S. The van der Waals surface area contributed by atoms with Crippen molar-refractivity contribution in [2.24, 2.45) is 0 Å². The number of carbonyl (C=O) groups excluding carboxylic acids is 1. The number of benzene rings is 3. The Hall–Kier alpha value is -3.58. The number of anilines is 1. The molecule has 0 spiro atoms. The number of amides is 1. The van der Waals surface area contributed by atoms with Crippen LogP contribution in [0.3, 0.4) is 0 Å². The SMILES string of the molecule is CCn1c(SC(C(=O)Nc2cccc(OC)c2)c2ccccc2)nnc1-c1ccccc1. The van der Waals surface area contributed by atoms with Crippen LogP contribution in [-0.2, 0) is 11.3 Å². The number of hydrogen-bond acceptors (Lipinski definition) is 5. The van der Waals surface area contributed by atoms with Crippen LogP contribution in [0.1, 0.15) is 17.7 Å². The second kappa shape index (κ2) is 10.2. The molecular weight excluding hydrogens is 420 g/mol. The Bertz CT molecular complexity index is 1180. The van der Waals surface area contributed by atoms with Crippen LogP contribution in [0.5, 0.6) is 5.75 Å². The van der Waals surface area contributed by atoms with Crippen LogP contribution in [0, 0.1) is 0 Å². The summed E-state index contributed by atoms with van der Waals surface area (Å²) in [6, 6.07) is 27.0. The van der Waals surface area contributed by atoms with Crippen molar-refractivity contribution in [2.75, 3.05) is 12.4 Å². The number of nitrogens with one attached hydrogen (secondary N) is 1. The van der Waals surface area contributed by atoms with Crippen LogP contribution in [0.15, 0.2) is 90.1 Å². The minimum absolute atomic E-state index is 0.138. The van der Waals surface area contributed by atoms with E-state index in [-0.39, 0.29) is 5.91 Å². The summed E-state index contributed by atoms with van der Waals surface area (Å²) in [5, 5.41) is 12.0. The number of aromatic nitrogens is 3. The lowest BCUT2D eigenvalue weighted by atomic mass is 10.1. The molecule has 1 aromatic heterocycles. The van der Waals surface area contributed by atoms with Gasteiger partial charge in [-0.1, -0.05) is 78.5 Å². The Morgan fingerprint density at radius 1 is 1.00 bits per heavy atom. The molecule has 6 nitrogen and oxygen atoms in total. The van der Waals surface area contributed by atoms with Gasteiger partial charge in [0.2, 0.25) is 5.91 Å². The summed E-state index contributed by atoms with van der Waals surface area (Å²) in [5.74, 6) is 1.34. The largest absolute Gasteiger partial charge is 0.497 e. The Morgan fingerprint density at radius 3 is 2.41 bits per heavy atom. The number of carbonyl (C=O) groups is 1. The van der Waals surface area contributed by atoms with E-state index >= 15 is 0 Å². The first-order valence-electron chi connectivity index (χ1n) is 10.3. The molecule has 3 aromatic carbocycles. The van der Waals surface area contributed by atoms with Gasteiger partial charge >= 0.3 is 0 Å². The van der Waals surface area contributed by atoms with Gasteiger partial charge in [-0.15, -0.1) is 10.2 Å². The van der Waals surface area contributed by atoms with E-state index in [2.05, 4.69) is 15.5 Å². The quantitative estimate of drug-likeness (QED) is 0.366. The van der Waals surface area contributed by atoms with Gasteiger partial charge in [-0.3, -0.25) is 4.79 Å². The van der Waals surface area contributed by atoms with Gasteiger partial charge in [-0.25, -0.2) is 0 Å². The first kappa shape index (κ1) is 21.6. The third-order valence-electron chi connectivity index (χ3n) is 4.97. The second-order valence-electron chi connectivity index (χ2n) is 7.05. The van der Waals surface area contributed by atoms with E-state index in [1.54, 1.807) is 13.2 Å². The highest BCUT2D eigenvalue weighted by atomic mass is 32.2. The molecule has 32 heavy (non-hydrogen) atoms. The number of hydrogen-bond donors (Lipinski definition) is 1. The van der Waals surface area contributed by atoms with E-state index in [1.807, 2.05) is 90.4 Å². The minimum atomic E-state index is -0.500. The van der Waals surface area contributed by atoms with Gasteiger partial charge in [-0.2, -0.15) is 0 Å². The van der Waals surface area contributed by atoms with E-state index in [0.29, 0.717) is 23.1 Å². The van der Waals surface area contributed by atoms with Gasteiger partial charge < -0.3 is 14.6 Å². The molecule has 7 heteroatoms. The second-order valence-corrected chi connectivity index (χ2v) is 8.12. The van der Waals surface area contributed by atoms with Crippen molar-refractivity contribution < 1.29 is 9.53 Å². The lowest BCUT2D eigenvalue weighted by molar-refractivity contribution is -0.115. The number of nitrogens with zero attached hydrogens (tertiary/aromatic N) is 3. The van der Waals surface area contributed by atoms with Gasteiger partial charge in [0, 0.05) is 23.9 Å². The fraction of sp³-hybridized carbons (Fsp3) is 0.160. The third kappa shape index (κ3) is 4.84. The van der Waals surface area contributed by atoms with E-state index < -0.39 is 5.25 Å². The molecule has 0 aliphatic heterocycles. The van der Waals surface area contributed by atoms with Crippen molar-refractivity contribution in [2.45, 2.75) is 23.9 Å². The van der Waals surface area contributed by atoms with Gasteiger partial charge in [0.25, 0.3) is 0 Å². The molecule has 0 aliphatic carbocycles. The molecule has 0 aliphatic rings. The Morgan fingerprint density at radius 2 is 1.72 bits per heavy atom. The maximum atomic E-state index is 13.4. The van der Waals surface area contributed by atoms with Crippen LogP contribution < -0.4 is 10.1 Å². The fourth-order valence-corrected chi connectivity index (χ4v) is 4.48. The van der Waals surface area contributed by atoms with Crippen LogP contribution in [0.4, 0.5) is 5.69 Å². The average Bonchev–Trinajstić information content (AvgIpc) is 3.26. The van der Waals surface area contributed by atoms with Crippen molar-refractivity contribution in [1.29, 1.82) is 0 Å². The van der Waals surface area contributed by atoms with E-state index in [1.165, 1.54) is 11.8 Å². The normalized spacial score (nSPS) is 11.7. The van der Waals surface area contributed by atoms with Crippen molar-refractivity contribution in [3.8, 4) is 17.1 Å². The maximum absolute atomic E-state index is 13.4. The predicted octanol–water partition coefficient (Wildman–Crippen LogP) is 5.45. The fourth-order valence-electron chi connectivity index (χ4n) is 3.38. The molecule has 0 saturated heterocycles. The molecule has 1 heterocycles. The molecule has 0 radical (unpaired) electrons. The van der Waals surface area contributed by atoms with Crippen LogP contribution >= 0.6 is 11.8 Å². The smallest absolute Gasteiger partial charge is 0.242 e. The summed E-state index contributed by atoms with van der Waals surface area (Å²) in [6.45, 7) is 2.74. The Kier molecular flexibility index (Phi) is 6.87. The van der Waals surface area contributed by atoms with Crippen LogP contribution in [-0.4, -0.2) is 27.8 Å². The van der Waals surface area contributed by atoms with Crippen molar-refractivity contribution >= 4 is 23.4 Å². The van der Waals surface area contributed by atoms with Crippen LogP contribution in [0.2, 0.25) is 0 Å². The summed E-state index contributed by atoms with van der Waals surface area (Å²) in [6.07, 6.45) is 0. The highest BCUT2D eigenvalue weighted by Gasteiger charge is 2.26. The van der Waals surface area contributed by atoms with E-state index in [0.717, 1.165) is 17.0 Å². The standard InChI is InChI=1S/C25H24N4O2S/c1-3-29-23(19-13-8-5-9-14-19)27-28-25(29)32-22(18-11-6-4-7-12-18)24(30)26-20-15-10-16-21(17-20)31-2/h4-17,22H,3H2,1-2H3,(H,26,30). The molecule has 0 saturated carbocycles. The van der Waals surface area contributed by atoms with E-state index in [4.69, 9.17) is 4.74 Å². The Labute approximate surface area is 191 Å². The number of ether oxygens (including phenoxy) is 1. The van der Waals surface area contributed by atoms with Crippen LogP contribution in [0.25, 0.3) is 11.4 Å². The molecule has 1 N–H and O–H groups in total. The number of methoxy groups -OCH3 is 1. The summed E-state index contributed by atoms with van der Waals surface area (Å²) < 4.78 is 7.31. The topological polar surface area (TPSA) is 69.0 Å². The Balaban J connectivity index is 1.65. The molecule has 0 bridgehead atoms. The third-order valence-corrected chi connectivity index (χ3v) is 6.20. The van der Waals surface area contributed by atoms with Crippen molar-refractivity contribution in [3.63, 3.8) is 0 Å². The number of rotatable bonds is 8. The lowest BCUT2D eigenvalue weighted by Gasteiger charge is -2.17. The first-order chi connectivity index (χ1) is 15.7. The molecule has 162 valence electrons. The number of thioether (sulfide) groups is 1. The first-order valence-corrected chi connectivity index (χ1v) is 11.2.